The quantitative estimate of drug-likeness (QED) is 0.435. The Morgan fingerprint density at radius 2 is 1.90 bits per heavy atom. The van der Waals surface area contributed by atoms with Crippen molar-refractivity contribution in [2.24, 2.45) is 0 Å². The number of carbonyl (C=O) groups is 1. The Hall–Kier alpha value is -3.15. The predicted octanol–water partition coefficient (Wildman–Crippen LogP) is 1.71. The van der Waals surface area contributed by atoms with Crippen LogP contribution in [-0.2, 0) is 11.2 Å². The highest BCUT2D eigenvalue weighted by molar-refractivity contribution is 5.87. The molecule has 11 nitrogen and oxygen atoms in total. The number of carbonyl (C=O) groups excluding carboxylic acids is 1. The van der Waals surface area contributed by atoms with Crippen molar-refractivity contribution in [1.29, 1.82) is 0 Å². The van der Waals surface area contributed by atoms with Crippen LogP contribution in [0.2, 0.25) is 0 Å². The maximum atomic E-state index is 13.1. The fourth-order valence-corrected chi connectivity index (χ4v) is 5.38. The van der Waals surface area contributed by atoms with E-state index in [1.807, 2.05) is 18.6 Å². The second kappa shape index (κ2) is 12.4. The Bertz CT molecular complexity index is 1260. The molecule has 2 aliphatic heterocycles. The molecule has 3 aromatic rings. The van der Waals surface area contributed by atoms with E-state index < -0.39 is 0 Å². The van der Waals surface area contributed by atoms with Crippen molar-refractivity contribution in [3.05, 3.63) is 42.2 Å². The molecular weight excluding hydrogens is 494 g/mol. The summed E-state index contributed by atoms with van der Waals surface area (Å²) < 4.78 is 9.31. The minimum Gasteiger partial charge on any atom is -0.381 e. The van der Waals surface area contributed by atoms with Crippen molar-refractivity contribution in [3.63, 3.8) is 0 Å². The molecule has 0 unspecified atom stereocenters. The summed E-state index contributed by atoms with van der Waals surface area (Å²) >= 11 is 0. The van der Waals surface area contributed by atoms with E-state index in [4.69, 9.17) is 14.7 Å². The lowest BCUT2D eigenvalue weighted by atomic mass is 10.1. The Labute approximate surface area is 230 Å². The number of rotatable bonds is 8. The first-order valence-corrected chi connectivity index (χ1v) is 14.1. The Morgan fingerprint density at radius 1 is 1.13 bits per heavy atom. The molecule has 2 fully saturated rings. The molecule has 11 heteroatoms. The minimum atomic E-state index is -0.124. The molecule has 0 bridgehead atoms. The SMILES string of the molecule is COC1CCN(c2nccc(Cc3cc4c(cn3)n(C(=O)NCCN3CCN(C)CC3)c[n+]4C(C)C)n2)CC1. The van der Waals surface area contributed by atoms with Crippen LogP contribution in [0.4, 0.5) is 10.7 Å². The Kier molecular flexibility index (Phi) is 8.69. The molecule has 5 rings (SSSR count). The molecule has 0 aromatic carbocycles. The number of imidazole rings is 1. The first-order valence-electron chi connectivity index (χ1n) is 14.1. The summed E-state index contributed by atoms with van der Waals surface area (Å²) in [6, 6.07) is 4.10. The maximum Gasteiger partial charge on any atom is 0.413 e. The topological polar surface area (TPSA) is 95.5 Å². The predicted molar refractivity (Wildman–Crippen MR) is 150 cm³/mol. The zero-order valence-electron chi connectivity index (χ0n) is 23.7. The van der Waals surface area contributed by atoms with Gasteiger partial charge >= 0.3 is 6.03 Å². The van der Waals surface area contributed by atoms with E-state index in [1.54, 1.807) is 17.9 Å². The van der Waals surface area contributed by atoms with E-state index in [0.717, 1.165) is 87.0 Å². The van der Waals surface area contributed by atoms with Crippen LogP contribution in [-0.4, -0.2) is 108 Å². The number of hydrogen-bond donors (Lipinski definition) is 1. The third-order valence-electron chi connectivity index (χ3n) is 7.89. The largest absolute Gasteiger partial charge is 0.413 e. The van der Waals surface area contributed by atoms with E-state index in [0.29, 0.717) is 19.1 Å². The molecule has 39 heavy (non-hydrogen) atoms. The van der Waals surface area contributed by atoms with Gasteiger partial charge in [0.15, 0.2) is 5.52 Å². The van der Waals surface area contributed by atoms with E-state index in [1.165, 1.54) is 0 Å². The molecule has 0 radical (unpaired) electrons. The highest BCUT2D eigenvalue weighted by Crippen LogP contribution is 2.19. The zero-order valence-corrected chi connectivity index (χ0v) is 23.7. The number of aromatic nitrogens is 5. The molecule has 1 amide bonds. The van der Waals surface area contributed by atoms with E-state index in [-0.39, 0.29) is 12.1 Å². The smallest absolute Gasteiger partial charge is 0.381 e. The molecule has 0 spiro atoms. The van der Waals surface area contributed by atoms with Gasteiger partial charge in [0.1, 0.15) is 0 Å². The average molecular weight is 537 g/mol. The fourth-order valence-electron chi connectivity index (χ4n) is 5.38. The first kappa shape index (κ1) is 27.4. The van der Waals surface area contributed by atoms with Crippen LogP contribution in [0.15, 0.2) is 30.9 Å². The fraction of sp³-hybridized carbons (Fsp3) is 0.607. The monoisotopic (exact) mass is 536 g/mol. The summed E-state index contributed by atoms with van der Waals surface area (Å²) in [4.78, 5) is 34.2. The molecule has 1 N–H and O–H groups in total. The first-order chi connectivity index (χ1) is 18.9. The number of nitrogens with zero attached hydrogens (tertiary/aromatic N) is 8. The van der Waals surface area contributed by atoms with Crippen LogP contribution in [0.1, 0.15) is 44.1 Å². The van der Waals surface area contributed by atoms with E-state index in [2.05, 4.69) is 56.5 Å². The molecule has 0 saturated carbocycles. The van der Waals surface area contributed by atoms with Gasteiger partial charge in [0.2, 0.25) is 11.5 Å². The van der Waals surface area contributed by atoms with Gasteiger partial charge in [-0.15, -0.1) is 4.57 Å². The number of likely N-dealkylation sites (N-methyl/N-ethyl adjacent to an activating group) is 1. The number of nitrogens with one attached hydrogen (secondary N) is 1. The van der Waals surface area contributed by atoms with Crippen LogP contribution in [0, 0.1) is 0 Å². The van der Waals surface area contributed by atoms with Gasteiger partial charge in [-0.25, -0.2) is 19.3 Å². The highest BCUT2D eigenvalue weighted by atomic mass is 16.5. The third-order valence-corrected chi connectivity index (χ3v) is 7.89. The lowest BCUT2D eigenvalue weighted by Crippen LogP contribution is -2.47. The lowest BCUT2D eigenvalue weighted by molar-refractivity contribution is -0.691. The number of hydrogen-bond acceptors (Lipinski definition) is 8. The van der Waals surface area contributed by atoms with Crippen molar-refractivity contribution in [1.82, 2.24) is 34.6 Å². The normalized spacial score (nSPS) is 17.8. The van der Waals surface area contributed by atoms with Crippen LogP contribution in [0.3, 0.4) is 0 Å². The summed E-state index contributed by atoms with van der Waals surface area (Å²) in [6.45, 7) is 11.7. The molecule has 0 aliphatic carbocycles. The standard InChI is InChI=1S/C28H41N9O2/c1-21(2)36-20-37(28(38)30-9-12-34-15-13-33(3)14-16-34)26-19-31-23(18-25(26)36)17-22-5-8-29-27(32-22)35-10-6-24(39-4)7-11-35/h5,8,18-21,24H,6-7,9-17H2,1-4H3/p+1. The van der Waals surface area contributed by atoms with Crippen molar-refractivity contribution >= 4 is 23.0 Å². The number of piperidine rings is 1. The van der Waals surface area contributed by atoms with Gasteiger partial charge in [-0.05, 0) is 39.8 Å². The minimum absolute atomic E-state index is 0.124. The van der Waals surface area contributed by atoms with Crippen LogP contribution >= 0.6 is 0 Å². The second-order valence-corrected chi connectivity index (χ2v) is 11.0. The third kappa shape index (κ3) is 6.54. The van der Waals surface area contributed by atoms with E-state index in [9.17, 15) is 4.79 Å². The van der Waals surface area contributed by atoms with Gasteiger partial charge in [0.05, 0.1) is 29.7 Å². The van der Waals surface area contributed by atoms with Crippen molar-refractivity contribution in [3.8, 4) is 0 Å². The summed E-state index contributed by atoms with van der Waals surface area (Å²) in [7, 11) is 3.93. The van der Waals surface area contributed by atoms with Gasteiger partial charge in [-0.2, -0.15) is 0 Å². The Balaban J connectivity index is 1.28. The van der Waals surface area contributed by atoms with Crippen LogP contribution in [0.25, 0.3) is 11.0 Å². The summed E-state index contributed by atoms with van der Waals surface area (Å²) in [5.74, 6) is 0.764. The van der Waals surface area contributed by atoms with Gasteiger partial charge < -0.3 is 19.9 Å². The number of anilines is 1. The number of piperazine rings is 1. The second-order valence-electron chi connectivity index (χ2n) is 11.0. The number of amides is 1. The maximum absolute atomic E-state index is 13.1. The van der Waals surface area contributed by atoms with Gasteiger partial charge in [-0.3, -0.25) is 9.88 Å². The lowest BCUT2D eigenvalue weighted by Gasteiger charge is -2.32. The zero-order chi connectivity index (χ0) is 27.4. The summed E-state index contributed by atoms with van der Waals surface area (Å²) in [5, 5.41) is 3.10. The Morgan fingerprint density at radius 3 is 2.62 bits per heavy atom. The summed E-state index contributed by atoms with van der Waals surface area (Å²) in [6.07, 6.45) is 8.41. The average Bonchev–Trinajstić information content (AvgIpc) is 3.34. The number of fused-ring (bicyclic) bond motifs is 1. The molecule has 2 saturated heterocycles. The number of methoxy groups -OCH3 is 1. The number of ether oxygens (including phenoxy) is 1. The molecule has 3 aromatic heterocycles. The van der Waals surface area contributed by atoms with Crippen LogP contribution in [0.5, 0.6) is 0 Å². The van der Waals surface area contributed by atoms with Crippen LogP contribution < -0.4 is 14.8 Å². The van der Waals surface area contributed by atoms with Crippen molar-refractivity contribution < 1.29 is 14.1 Å². The van der Waals surface area contributed by atoms with Crippen molar-refractivity contribution in [2.75, 3.05) is 71.4 Å². The van der Waals surface area contributed by atoms with Gasteiger partial charge in [0, 0.05) is 78.2 Å². The molecule has 2 aliphatic rings. The number of pyridine rings is 1. The molecule has 0 atom stereocenters. The molecule has 210 valence electrons. The highest BCUT2D eigenvalue weighted by Gasteiger charge is 2.25. The molecular formula is C28H42N9O2+. The molecule has 5 heterocycles. The summed E-state index contributed by atoms with van der Waals surface area (Å²) in [5.41, 5.74) is 3.62. The van der Waals surface area contributed by atoms with Gasteiger partial charge in [-0.1, -0.05) is 0 Å². The van der Waals surface area contributed by atoms with E-state index >= 15 is 0 Å². The van der Waals surface area contributed by atoms with Crippen molar-refractivity contribution in [2.45, 2.75) is 45.3 Å². The van der Waals surface area contributed by atoms with Gasteiger partial charge in [0.25, 0.3) is 6.33 Å².